The molecule has 0 bridgehead atoms. The van der Waals surface area contributed by atoms with Crippen LogP contribution < -0.4 is 5.56 Å². The monoisotopic (exact) mass is 253 g/mol. The van der Waals surface area contributed by atoms with Crippen molar-refractivity contribution in [3.63, 3.8) is 0 Å². The molecule has 94 valence electrons. The van der Waals surface area contributed by atoms with Gasteiger partial charge in [0, 0.05) is 31.1 Å². The first-order valence-electron chi connectivity index (χ1n) is 5.72. The van der Waals surface area contributed by atoms with Crippen molar-refractivity contribution in [1.29, 1.82) is 0 Å². The van der Waals surface area contributed by atoms with Crippen LogP contribution in [-0.4, -0.2) is 24.5 Å². The fraction of sp³-hybridized carbons (Fsp3) is 0.0769. The van der Waals surface area contributed by atoms with Crippen LogP contribution in [0.2, 0.25) is 0 Å². The van der Waals surface area contributed by atoms with Crippen molar-refractivity contribution < 1.29 is 0 Å². The van der Waals surface area contributed by atoms with Crippen molar-refractivity contribution in [2.24, 2.45) is 7.05 Å². The molecule has 0 spiro atoms. The molecular formula is C13H11N5O. The predicted octanol–water partition coefficient (Wildman–Crippen LogP) is 1.23. The zero-order chi connectivity index (χ0) is 13.2. The SMILES string of the molecule is Cn1cncc1-c1cc(=O)[nH]c(-c2cccnc2)n1. The fourth-order valence-electron chi connectivity index (χ4n) is 1.83. The molecule has 0 aliphatic heterocycles. The molecule has 1 N–H and O–H groups in total. The first-order chi connectivity index (χ1) is 9.24. The van der Waals surface area contributed by atoms with Crippen molar-refractivity contribution >= 4 is 0 Å². The maximum Gasteiger partial charge on any atom is 0.251 e. The summed E-state index contributed by atoms with van der Waals surface area (Å²) in [5, 5.41) is 0. The maximum atomic E-state index is 11.7. The van der Waals surface area contributed by atoms with E-state index in [9.17, 15) is 4.79 Å². The number of aromatic nitrogens is 5. The quantitative estimate of drug-likeness (QED) is 0.745. The van der Waals surface area contributed by atoms with E-state index in [1.807, 2.05) is 17.7 Å². The second-order valence-corrected chi connectivity index (χ2v) is 4.11. The van der Waals surface area contributed by atoms with Gasteiger partial charge in [0.25, 0.3) is 5.56 Å². The molecule has 6 heteroatoms. The molecule has 19 heavy (non-hydrogen) atoms. The van der Waals surface area contributed by atoms with Crippen LogP contribution in [0.5, 0.6) is 0 Å². The third-order valence-electron chi connectivity index (χ3n) is 2.76. The maximum absolute atomic E-state index is 11.7. The minimum absolute atomic E-state index is 0.204. The number of imidazole rings is 1. The lowest BCUT2D eigenvalue weighted by Crippen LogP contribution is -2.09. The normalized spacial score (nSPS) is 10.6. The van der Waals surface area contributed by atoms with Crippen molar-refractivity contribution in [2.75, 3.05) is 0 Å². The first-order valence-corrected chi connectivity index (χ1v) is 5.72. The van der Waals surface area contributed by atoms with Crippen LogP contribution in [0.25, 0.3) is 22.8 Å². The molecule has 0 aliphatic rings. The van der Waals surface area contributed by atoms with Gasteiger partial charge < -0.3 is 9.55 Å². The van der Waals surface area contributed by atoms with Crippen LogP contribution >= 0.6 is 0 Å². The Balaban J connectivity index is 2.17. The van der Waals surface area contributed by atoms with Crippen LogP contribution in [-0.2, 0) is 7.05 Å². The first kappa shape index (κ1) is 11.3. The fourth-order valence-corrected chi connectivity index (χ4v) is 1.83. The van der Waals surface area contributed by atoms with Crippen molar-refractivity contribution in [3.05, 3.63) is 53.5 Å². The molecule has 0 radical (unpaired) electrons. The number of hydrogen-bond donors (Lipinski definition) is 1. The highest BCUT2D eigenvalue weighted by atomic mass is 16.1. The Hall–Kier alpha value is -2.76. The Bertz CT molecular complexity index is 760. The topological polar surface area (TPSA) is 76.5 Å². The molecule has 0 saturated heterocycles. The van der Waals surface area contributed by atoms with Crippen LogP contribution in [0.3, 0.4) is 0 Å². The van der Waals surface area contributed by atoms with E-state index in [2.05, 4.69) is 19.9 Å². The third-order valence-corrected chi connectivity index (χ3v) is 2.76. The summed E-state index contributed by atoms with van der Waals surface area (Å²) >= 11 is 0. The number of nitrogens with one attached hydrogen (secondary N) is 1. The van der Waals surface area contributed by atoms with E-state index < -0.39 is 0 Å². The largest absolute Gasteiger partial charge is 0.332 e. The van der Waals surface area contributed by atoms with Gasteiger partial charge >= 0.3 is 0 Å². The smallest absolute Gasteiger partial charge is 0.251 e. The van der Waals surface area contributed by atoms with Gasteiger partial charge in [-0.2, -0.15) is 0 Å². The van der Waals surface area contributed by atoms with Crippen molar-refractivity contribution in [1.82, 2.24) is 24.5 Å². The van der Waals surface area contributed by atoms with E-state index in [-0.39, 0.29) is 5.56 Å². The molecule has 3 rings (SSSR count). The van der Waals surface area contributed by atoms with Crippen molar-refractivity contribution in [2.45, 2.75) is 0 Å². The summed E-state index contributed by atoms with van der Waals surface area (Å²) < 4.78 is 1.81. The zero-order valence-electron chi connectivity index (χ0n) is 10.2. The van der Waals surface area contributed by atoms with Gasteiger partial charge in [0.2, 0.25) is 0 Å². The molecule has 0 amide bonds. The zero-order valence-corrected chi connectivity index (χ0v) is 10.2. The number of pyridine rings is 1. The Morgan fingerprint density at radius 1 is 1.26 bits per heavy atom. The highest BCUT2D eigenvalue weighted by molar-refractivity contribution is 5.59. The van der Waals surface area contributed by atoms with E-state index in [1.54, 1.807) is 31.0 Å². The molecule has 3 aromatic rings. The average Bonchev–Trinajstić information content (AvgIpc) is 2.85. The van der Waals surface area contributed by atoms with E-state index in [4.69, 9.17) is 0 Å². The summed E-state index contributed by atoms with van der Waals surface area (Å²) in [4.78, 5) is 27.0. The van der Waals surface area contributed by atoms with Gasteiger partial charge in [-0.15, -0.1) is 0 Å². The highest BCUT2D eigenvalue weighted by Crippen LogP contribution is 2.17. The molecular weight excluding hydrogens is 242 g/mol. The Kier molecular flexibility index (Phi) is 2.68. The standard InChI is InChI=1S/C13H11N5O/c1-18-8-15-7-11(18)10-5-12(19)17-13(16-10)9-3-2-4-14-6-9/h2-8H,1H3,(H,16,17,19). The van der Waals surface area contributed by atoms with Crippen LogP contribution in [0.1, 0.15) is 0 Å². The van der Waals surface area contributed by atoms with Gasteiger partial charge in [-0.25, -0.2) is 9.97 Å². The molecule has 0 atom stereocenters. The number of hydrogen-bond acceptors (Lipinski definition) is 4. The lowest BCUT2D eigenvalue weighted by atomic mass is 10.2. The van der Waals surface area contributed by atoms with E-state index >= 15 is 0 Å². The minimum atomic E-state index is -0.204. The van der Waals surface area contributed by atoms with Gasteiger partial charge in [-0.3, -0.25) is 9.78 Å². The summed E-state index contributed by atoms with van der Waals surface area (Å²) in [5.74, 6) is 0.497. The second-order valence-electron chi connectivity index (χ2n) is 4.11. The Labute approximate surface area is 108 Å². The Morgan fingerprint density at radius 3 is 2.84 bits per heavy atom. The lowest BCUT2D eigenvalue weighted by Gasteiger charge is -2.04. The van der Waals surface area contributed by atoms with E-state index in [1.165, 1.54) is 6.07 Å². The molecule has 3 heterocycles. The molecule has 0 saturated carbocycles. The van der Waals surface area contributed by atoms with E-state index in [0.717, 1.165) is 11.3 Å². The summed E-state index contributed by atoms with van der Waals surface area (Å²) in [6, 6.07) is 5.10. The summed E-state index contributed by atoms with van der Waals surface area (Å²) in [5.41, 5.74) is 1.94. The highest BCUT2D eigenvalue weighted by Gasteiger charge is 2.08. The molecule has 6 nitrogen and oxygen atoms in total. The van der Waals surface area contributed by atoms with Gasteiger partial charge in [0.1, 0.15) is 5.82 Å². The second kappa shape index (κ2) is 4.49. The summed E-state index contributed by atoms with van der Waals surface area (Å²) in [6.07, 6.45) is 6.68. The van der Waals surface area contributed by atoms with Crippen LogP contribution in [0.15, 0.2) is 47.9 Å². The van der Waals surface area contributed by atoms with Crippen molar-refractivity contribution in [3.8, 4) is 22.8 Å². The molecule has 0 unspecified atom stereocenters. The molecule has 3 aromatic heterocycles. The lowest BCUT2D eigenvalue weighted by molar-refractivity contribution is 0.914. The van der Waals surface area contributed by atoms with Gasteiger partial charge in [0.05, 0.1) is 23.9 Å². The molecule has 0 fully saturated rings. The van der Waals surface area contributed by atoms with Gasteiger partial charge in [-0.05, 0) is 12.1 Å². The third kappa shape index (κ3) is 2.15. The number of aryl methyl sites for hydroxylation is 1. The molecule has 0 aromatic carbocycles. The average molecular weight is 253 g/mol. The number of nitrogens with zero attached hydrogens (tertiary/aromatic N) is 4. The summed E-state index contributed by atoms with van der Waals surface area (Å²) in [7, 11) is 1.86. The summed E-state index contributed by atoms with van der Waals surface area (Å²) in [6.45, 7) is 0. The minimum Gasteiger partial charge on any atom is -0.332 e. The number of aromatic amines is 1. The van der Waals surface area contributed by atoms with Crippen LogP contribution in [0, 0.1) is 0 Å². The predicted molar refractivity (Wildman–Crippen MR) is 70.3 cm³/mol. The van der Waals surface area contributed by atoms with Gasteiger partial charge in [0.15, 0.2) is 0 Å². The van der Waals surface area contributed by atoms with E-state index in [0.29, 0.717) is 11.5 Å². The number of rotatable bonds is 2. The van der Waals surface area contributed by atoms with Crippen LogP contribution in [0.4, 0.5) is 0 Å². The Morgan fingerprint density at radius 2 is 2.16 bits per heavy atom. The number of H-pyrrole nitrogens is 1. The van der Waals surface area contributed by atoms with Gasteiger partial charge in [-0.1, -0.05) is 0 Å². The molecule has 0 aliphatic carbocycles.